The molecule has 7 nitrogen and oxygen atoms in total. The summed E-state index contributed by atoms with van der Waals surface area (Å²) in [6.07, 6.45) is 5.83. The second-order valence-corrected chi connectivity index (χ2v) is 7.61. The molecule has 1 aliphatic carbocycles. The Morgan fingerprint density at radius 1 is 1.11 bits per heavy atom. The van der Waals surface area contributed by atoms with Crippen molar-refractivity contribution in [1.29, 1.82) is 0 Å². The highest BCUT2D eigenvalue weighted by atomic mass is 16.5. The number of aldehydes is 1. The summed E-state index contributed by atoms with van der Waals surface area (Å²) in [5.41, 5.74) is 1.10. The van der Waals surface area contributed by atoms with E-state index in [9.17, 15) is 4.79 Å². The highest BCUT2D eigenvalue weighted by Gasteiger charge is 2.39. The molecule has 2 fully saturated rings. The minimum absolute atomic E-state index is 0.0150. The van der Waals surface area contributed by atoms with E-state index in [1.165, 1.54) is 6.42 Å². The van der Waals surface area contributed by atoms with Gasteiger partial charge >= 0.3 is 0 Å². The van der Waals surface area contributed by atoms with Crippen molar-refractivity contribution in [2.45, 2.75) is 37.5 Å². The van der Waals surface area contributed by atoms with Crippen LogP contribution in [0.5, 0.6) is 11.6 Å². The van der Waals surface area contributed by atoms with Crippen LogP contribution in [0.15, 0.2) is 36.7 Å². The van der Waals surface area contributed by atoms with Crippen LogP contribution in [-0.2, 0) is 4.79 Å². The first-order chi connectivity index (χ1) is 13.8. The molecule has 3 aliphatic rings. The molecule has 0 amide bonds. The maximum Gasteiger partial charge on any atom is 0.218 e. The molecular formula is C21H24N4O3. The molecule has 3 heterocycles. The summed E-state index contributed by atoms with van der Waals surface area (Å²) in [7, 11) is 0. The number of carbonyl (C=O) groups is 1. The zero-order valence-electron chi connectivity index (χ0n) is 15.7. The van der Waals surface area contributed by atoms with Gasteiger partial charge in [0.15, 0.2) is 12.4 Å². The number of para-hydroxylation sites is 1. The lowest BCUT2D eigenvalue weighted by Gasteiger charge is -2.39. The number of fused-ring (bicyclic) bond motifs is 1. The van der Waals surface area contributed by atoms with Crippen LogP contribution in [0.1, 0.15) is 30.9 Å². The number of nitrogens with zero attached hydrogens (tertiary/aromatic N) is 4. The van der Waals surface area contributed by atoms with Gasteiger partial charge in [-0.2, -0.15) is 0 Å². The van der Waals surface area contributed by atoms with Crippen molar-refractivity contribution in [3.63, 3.8) is 0 Å². The van der Waals surface area contributed by atoms with E-state index in [1.54, 1.807) is 6.33 Å². The third-order valence-corrected chi connectivity index (χ3v) is 5.94. The van der Waals surface area contributed by atoms with Gasteiger partial charge in [0.1, 0.15) is 24.0 Å². The van der Waals surface area contributed by atoms with E-state index in [4.69, 9.17) is 9.47 Å². The lowest BCUT2D eigenvalue weighted by Crippen LogP contribution is -2.50. The third kappa shape index (κ3) is 3.20. The number of carbonyl (C=O) groups excluding carboxylic acids is 1. The number of piperazine rings is 1. The molecule has 0 bridgehead atoms. The molecule has 7 heteroatoms. The van der Waals surface area contributed by atoms with Gasteiger partial charge < -0.3 is 14.4 Å². The molecule has 1 saturated carbocycles. The van der Waals surface area contributed by atoms with Gasteiger partial charge in [-0.15, -0.1) is 0 Å². The molecule has 2 unspecified atom stereocenters. The Bertz CT molecular complexity index is 849. The summed E-state index contributed by atoms with van der Waals surface area (Å²) in [6.45, 7) is 3.36. The Balaban J connectivity index is 1.26. The van der Waals surface area contributed by atoms with Crippen LogP contribution in [0.2, 0.25) is 0 Å². The van der Waals surface area contributed by atoms with Crippen LogP contribution in [0.4, 0.5) is 5.82 Å². The molecule has 0 radical (unpaired) electrons. The number of hydrogen-bond acceptors (Lipinski definition) is 7. The zero-order valence-corrected chi connectivity index (χ0v) is 15.7. The van der Waals surface area contributed by atoms with Gasteiger partial charge in [0.25, 0.3) is 0 Å². The maximum absolute atomic E-state index is 11.6. The summed E-state index contributed by atoms with van der Waals surface area (Å²) < 4.78 is 11.8. The Labute approximate surface area is 164 Å². The van der Waals surface area contributed by atoms with Crippen molar-refractivity contribution < 1.29 is 14.3 Å². The fraction of sp³-hybridized carbons (Fsp3) is 0.476. The summed E-state index contributed by atoms with van der Waals surface area (Å²) >= 11 is 0. The highest BCUT2D eigenvalue weighted by molar-refractivity contribution is 5.63. The minimum Gasteiger partial charge on any atom is -0.481 e. The fourth-order valence-electron chi connectivity index (χ4n) is 4.18. The van der Waals surface area contributed by atoms with Crippen molar-refractivity contribution in [2.24, 2.45) is 0 Å². The minimum atomic E-state index is -0.439. The predicted molar refractivity (Wildman–Crippen MR) is 104 cm³/mol. The van der Waals surface area contributed by atoms with Gasteiger partial charge in [0, 0.05) is 37.8 Å². The van der Waals surface area contributed by atoms with E-state index in [0.717, 1.165) is 62.4 Å². The molecule has 1 aromatic carbocycles. The molecule has 2 aliphatic heterocycles. The van der Waals surface area contributed by atoms with Crippen molar-refractivity contribution in [3.8, 4) is 11.6 Å². The average molecular weight is 380 g/mol. The Kier molecular flexibility index (Phi) is 4.60. The number of hydrogen-bond donors (Lipinski definition) is 0. The van der Waals surface area contributed by atoms with E-state index in [0.29, 0.717) is 12.0 Å². The van der Waals surface area contributed by atoms with Crippen molar-refractivity contribution >= 4 is 12.1 Å². The van der Waals surface area contributed by atoms with E-state index in [-0.39, 0.29) is 6.04 Å². The van der Waals surface area contributed by atoms with Crippen molar-refractivity contribution in [3.05, 3.63) is 42.2 Å². The van der Waals surface area contributed by atoms with Crippen LogP contribution in [-0.4, -0.2) is 59.5 Å². The van der Waals surface area contributed by atoms with Crippen molar-refractivity contribution in [2.75, 3.05) is 31.1 Å². The highest BCUT2D eigenvalue weighted by Crippen LogP contribution is 2.40. The standard InChI is InChI=1S/C21H24N4O3/c26-13-18-21(16-6-1-2-7-17(16)28-18)25-10-8-24(9-11-25)19-12-20(23-14-22-19)27-15-4-3-5-15/h1-2,6-7,12-15,18,21H,3-5,8-11H2. The summed E-state index contributed by atoms with van der Waals surface area (Å²) in [6, 6.07) is 9.87. The van der Waals surface area contributed by atoms with Crippen LogP contribution >= 0.6 is 0 Å². The molecular weight excluding hydrogens is 356 g/mol. The Hall–Kier alpha value is -2.67. The summed E-state index contributed by atoms with van der Waals surface area (Å²) in [5.74, 6) is 2.39. The van der Waals surface area contributed by atoms with Crippen LogP contribution < -0.4 is 14.4 Å². The van der Waals surface area contributed by atoms with E-state index < -0.39 is 6.10 Å². The van der Waals surface area contributed by atoms with Gasteiger partial charge in [0.2, 0.25) is 5.88 Å². The van der Waals surface area contributed by atoms with Gasteiger partial charge in [-0.05, 0) is 25.3 Å². The first kappa shape index (κ1) is 17.4. The second kappa shape index (κ2) is 7.39. The van der Waals surface area contributed by atoms with E-state index >= 15 is 0 Å². The molecule has 1 aromatic heterocycles. The molecule has 5 rings (SSSR count). The number of rotatable bonds is 5. The first-order valence-corrected chi connectivity index (χ1v) is 10.0. The first-order valence-electron chi connectivity index (χ1n) is 10.0. The number of anilines is 1. The van der Waals surface area contributed by atoms with E-state index in [1.807, 2.05) is 24.3 Å². The smallest absolute Gasteiger partial charge is 0.218 e. The molecule has 2 aromatic rings. The van der Waals surface area contributed by atoms with Crippen molar-refractivity contribution in [1.82, 2.24) is 14.9 Å². The van der Waals surface area contributed by atoms with E-state index in [2.05, 4.69) is 25.8 Å². The van der Waals surface area contributed by atoms with Gasteiger partial charge in [-0.25, -0.2) is 9.97 Å². The topological polar surface area (TPSA) is 67.8 Å². The molecule has 1 saturated heterocycles. The van der Waals surface area contributed by atoms with Crippen LogP contribution in [0, 0.1) is 0 Å². The molecule has 0 N–H and O–H groups in total. The number of ether oxygens (including phenoxy) is 2. The monoisotopic (exact) mass is 380 g/mol. The zero-order chi connectivity index (χ0) is 18.9. The summed E-state index contributed by atoms with van der Waals surface area (Å²) in [4.78, 5) is 24.9. The lowest BCUT2D eigenvalue weighted by molar-refractivity contribution is -0.115. The van der Waals surface area contributed by atoms with Gasteiger partial charge in [-0.3, -0.25) is 9.69 Å². The third-order valence-electron chi connectivity index (χ3n) is 5.94. The molecule has 146 valence electrons. The van der Waals surface area contributed by atoms with Gasteiger partial charge in [-0.1, -0.05) is 18.2 Å². The number of benzene rings is 1. The van der Waals surface area contributed by atoms with Crippen LogP contribution in [0.3, 0.4) is 0 Å². The molecule has 0 spiro atoms. The molecule has 2 atom stereocenters. The average Bonchev–Trinajstić information content (AvgIpc) is 3.10. The fourth-order valence-corrected chi connectivity index (χ4v) is 4.18. The normalized spacial score (nSPS) is 24.9. The number of aromatic nitrogens is 2. The maximum atomic E-state index is 11.6. The molecule has 28 heavy (non-hydrogen) atoms. The lowest BCUT2D eigenvalue weighted by atomic mass is 9.96. The van der Waals surface area contributed by atoms with Crippen LogP contribution in [0.25, 0.3) is 0 Å². The quantitative estimate of drug-likeness (QED) is 0.737. The Morgan fingerprint density at radius 3 is 2.68 bits per heavy atom. The van der Waals surface area contributed by atoms with Gasteiger partial charge in [0.05, 0.1) is 6.04 Å². The summed E-state index contributed by atoms with van der Waals surface area (Å²) in [5, 5.41) is 0. The SMILES string of the molecule is O=CC1Oc2ccccc2C1N1CCN(c2cc(OC3CCC3)ncn2)CC1. The largest absolute Gasteiger partial charge is 0.481 e. The second-order valence-electron chi connectivity index (χ2n) is 7.61. The predicted octanol–water partition coefficient (Wildman–Crippen LogP) is 2.23. The Morgan fingerprint density at radius 2 is 1.93 bits per heavy atom.